The van der Waals surface area contributed by atoms with E-state index >= 15 is 0 Å². The quantitative estimate of drug-likeness (QED) is 0.582. The number of nitrogens with zero attached hydrogens (tertiary/aromatic N) is 1. The number of amides is 1. The number of nitrogens with two attached hydrogens (primary N) is 1. The zero-order valence-electron chi connectivity index (χ0n) is 9.52. The number of nitrogen functional groups attached to an aromatic ring is 1. The Bertz CT molecular complexity index is 447. The number of carbonyl (C=O) groups excluding carboxylic acids is 1. The van der Waals surface area contributed by atoms with E-state index in [2.05, 4.69) is 15.6 Å². The van der Waals surface area contributed by atoms with Gasteiger partial charge in [0.05, 0.1) is 5.69 Å². The molecule has 5 N–H and O–H groups in total. The summed E-state index contributed by atoms with van der Waals surface area (Å²) in [5, 5.41) is 14.0. The summed E-state index contributed by atoms with van der Waals surface area (Å²) in [6.45, 7) is 1.62. The van der Waals surface area contributed by atoms with Crippen molar-refractivity contribution in [2.45, 2.75) is 13.0 Å². The van der Waals surface area contributed by atoms with Gasteiger partial charge in [-0.25, -0.2) is 9.78 Å². The van der Waals surface area contributed by atoms with E-state index in [1.165, 1.54) is 19.2 Å². The molecule has 0 saturated heterocycles. The second kappa shape index (κ2) is 5.15. The summed E-state index contributed by atoms with van der Waals surface area (Å²) in [6, 6.07) is 2.17. The molecule has 0 bridgehead atoms. The first-order valence-corrected chi connectivity index (χ1v) is 4.93. The van der Waals surface area contributed by atoms with Crippen molar-refractivity contribution in [3.05, 3.63) is 17.8 Å². The summed E-state index contributed by atoms with van der Waals surface area (Å²) in [6.07, 6.45) is 0. The number of aromatic nitrogens is 1. The van der Waals surface area contributed by atoms with Crippen LogP contribution in [0.15, 0.2) is 12.1 Å². The average Bonchev–Trinajstić information content (AvgIpc) is 2.30. The molecule has 0 saturated carbocycles. The molecule has 0 aromatic carbocycles. The van der Waals surface area contributed by atoms with E-state index in [1.54, 1.807) is 6.92 Å². The standard InChI is InChI=1S/C10H14N4O3/c1-5(9(15)12-2)13-8-6(11)3-4-7(14-8)10(16)17/h3-5H,11H2,1-2H3,(H,12,15)(H,13,14)(H,16,17). The minimum absolute atomic E-state index is 0.134. The lowest BCUT2D eigenvalue weighted by Gasteiger charge is -2.14. The van der Waals surface area contributed by atoms with Crippen LogP contribution in [0.25, 0.3) is 0 Å². The van der Waals surface area contributed by atoms with Crippen LogP contribution in [-0.4, -0.2) is 35.1 Å². The zero-order valence-corrected chi connectivity index (χ0v) is 9.52. The second-order valence-electron chi connectivity index (χ2n) is 3.42. The largest absolute Gasteiger partial charge is 0.477 e. The van der Waals surface area contributed by atoms with Crippen LogP contribution in [0.5, 0.6) is 0 Å². The van der Waals surface area contributed by atoms with Crippen molar-refractivity contribution >= 4 is 23.4 Å². The monoisotopic (exact) mass is 238 g/mol. The van der Waals surface area contributed by atoms with Crippen molar-refractivity contribution < 1.29 is 14.7 Å². The average molecular weight is 238 g/mol. The number of anilines is 2. The molecule has 1 aromatic rings. The second-order valence-corrected chi connectivity index (χ2v) is 3.42. The number of aromatic carboxylic acids is 1. The van der Waals surface area contributed by atoms with E-state index in [9.17, 15) is 9.59 Å². The van der Waals surface area contributed by atoms with Crippen molar-refractivity contribution in [2.24, 2.45) is 0 Å². The summed E-state index contributed by atoms with van der Waals surface area (Å²) < 4.78 is 0. The first kappa shape index (κ1) is 12.8. The third-order valence-corrected chi connectivity index (χ3v) is 2.14. The van der Waals surface area contributed by atoms with Gasteiger partial charge >= 0.3 is 5.97 Å². The topological polar surface area (TPSA) is 117 Å². The molecule has 17 heavy (non-hydrogen) atoms. The van der Waals surface area contributed by atoms with Crippen LogP contribution >= 0.6 is 0 Å². The number of pyridine rings is 1. The van der Waals surface area contributed by atoms with Gasteiger partial charge in [-0.15, -0.1) is 0 Å². The maximum Gasteiger partial charge on any atom is 0.354 e. The van der Waals surface area contributed by atoms with Crippen molar-refractivity contribution in [1.29, 1.82) is 0 Å². The third kappa shape index (κ3) is 3.07. The van der Waals surface area contributed by atoms with Crippen LogP contribution in [0.1, 0.15) is 17.4 Å². The summed E-state index contributed by atoms with van der Waals surface area (Å²) in [5.41, 5.74) is 5.78. The molecule has 7 nitrogen and oxygen atoms in total. The van der Waals surface area contributed by atoms with Crippen LogP contribution in [0.4, 0.5) is 11.5 Å². The first-order chi connectivity index (χ1) is 7.95. The number of likely N-dealkylation sites (N-methyl/N-ethyl adjacent to an activating group) is 1. The molecule has 1 atom stereocenters. The first-order valence-electron chi connectivity index (χ1n) is 4.93. The van der Waals surface area contributed by atoms with Gasteiger partial charge in [0.1, 0.15) is 6.04 Å². The van der Waals surface area contributed by atoms with Crippen LogP contribution < -0.4 is 16.4 Å². The maximum atomic E-state index is 11.3. The highest BCUT2D eigenvalue weighted by Crippen LogP contribution is 2.16. The van der Waals surface area contributed by atoms with Crippen LogP contribution in [0.3, 0.4) is 0 Å². The highest BCUT2D eigenvalue weighted by atomic mass is 16.4. The molecular formula is C10H14N4O3. The lowest BCUT2D eigenvalue weighted by molar-refractivity contribution is -0.121. The molecule has 92 valence electrons. The third-order valence-electron chi connectivity index (χ3n) is 2.14. The van der Waals surface area contributed by atoms with Gasteiger partial charge in [-0.3, -0.25) is 4.79 Å². The Morgan fingerprint density at radius 3 is 2.65 bits per heavy atom. The normalized spacial score (nSPS) is 11.6. The molecule has 0 aliphatic heterocycles. The van der Waals surface area contributed by atoms with Gasteiger partial charge < -0.3 is 21.5 Å². The van der Waals surface area contributed by atoms with Crippen LogP contribution in [-0.2, 0) is 4.79 Å². The van der Waals surface area contributed by atoms with Gasteiger partial charge in [-0.05, 0) is 19.1 Å². The van der Waals surface area contributed by atoms with E-state index in [0.717, 1.165) is 0 Å². The van der Waals surface area contributed by atoms with E-state index in [-0.39, 0.29) is 23.1 Å². The molecular weight excluding hydrogens is 224 g/mol. The predicted molar refractivity (Wildman–Crippen MR) is 62.8 cm³/mol. The van der Waals surface area contributed by atoms with Crippen molar-refractivity contribution in [3.63, 3.8) is 0 Å². The van der Waals surface area contributed by atoms with E-state index in [0.29, 0.717) is 0 Å². The summed E-state index contributed by atoms with van der Waals surface area (Å²) in [5.74, 6) is -1.21. The maximum absolute atomic E-state index is 11.3. The zero-order chi connectivity index (χ0) is 13.0. The highest BCUT2D eigenvalue weighted by molar-refractivity contribution is 5.88. The Morgan fingerprint density at radius 2 is 2.12 bits per heavy atom. The number of rotatable bonds is 4. The SMILES string of the molecule is CNC(=O)C(C)Nc1nc(C(=O)O)ccc1N. The lowest BCUT2D eigenvalue weighted by atomic mass is 10.2. The smallest absolute Gasteiger partial charge is 0.354 e. The van der Waals surface area contributed by atoms with Gasteiger partial charge in [0.2, 0.25) is 5.91 Å². The lowest BCUT2D eigenvalue weighted by Crippen LogP contribution is -2.35. The van der Waals surface area contributed by atoms with Gasteiger partial charge in [0.25, 0.3) is 0 Å². The molecule has 1 unspecified atom stereocenters. The minimum Gasteiger partial charge on any atom is -0.477 e. The number of carboxylic acids is 1. The van der Waals surface area contributed by atoms with Gasteiger partial charge in [-0.1, -0.05) is 0 Å². The molecule has 0 aliphatic carbocycles. The number of carboxylic acid groups (broad SMARTS) is 1. The fourth-order valence-corrected chi connectivity index (χ4v) is 1.19. The summed E-state index contributed by atoms with van der Waals surface area (Å²) in [4.78, 5) is 25.8. The van der Waals surface area contributed by atoms with E-state index in [4.69, 9.17) is 10.8 Å². The fraction of sp³-hybridized carbons (Fsp3) is 0.300. The Hall–Kier alpha value is -2.31. The molecule has 0 radical (unpaired) electrons. The van der Waals surface area contributed by atoms with E-state index < -0.39 is 12.0 Å². The van der Waals surface area contributed by atoms with Crippen LogP contribution in [0, 0.1) is 0 Å². The Morgan fingerprint density at radius 1 is 1.47 bits per heavy atom. The minimum atomic E-state index is -1.15. The number of nitrogens with one attached hydrogen (secondary N) is 2. The van der Waals surface area contributed by atoms with Gasteiger partial charge in [0.15, 0.2) is 11.5 Å². The molecule has 0 fully saturated rings. The number of hydrogen-bond donors (Lipinski definition) is 4. The molecule has 1 rings (SSSR count). The molecule has 1 heterocycles. The Kier molecular flexibility index (Phi) is 3.86. The Balaban J connectivity index is 2.93. The van der Waals surface area contributed by atoms with Gasteiger partial charge in [-0.2, -0.15) is 0 Å². The summed E-state index contributed by atoms with van der Waals surface area (Å²) in [7, 11) is 1.50. The number of hydrogen-bond acceptors (Lipinski definition) is 5. The molecule has 1 amide bonds. The molecule has 1 aromatic heterocycles. The predicted octanol–water partition coefficient (Wildman–Crippen LogP) is -0.0916. The fourth-order valence-electron chi connectivity index (χ4n) is 1.19. The summed E-state index contributed by atoms with van der Waals surface area (Å²) >= 11 is 0. The van der Waals surface area contributed by atoms with Crippen molar-refractivity contribution in [2.75, 3.05) is 18.1 Å². The van der Waals surface area contributed by atoms with Crippen molar-refractivity contribution in [1.82, 2.24) is 10.3 Å². The van der Waals surface area contributed by atoms with E-state index in [1.807, 2.05) is 0 Å². The van der Waals surface area contributed by atoms with Crippen LogP contribution in [0.2, 0.25) is 0 Å². The molecule has 7 heteroatoms. The van der Waals surface area contributed by atoms with Gasteiger partial charge in [0, 0.05) is 7.05 Å². The molecule has 0 spiro atoms. The number of carbonyl (C=O) groups is 2. The highest BCUT2D eigenvalue weighted by Gasteiger charge is 2.14. The molecule has 0 aliphatic rings. The van der Waals surface area contributed by atoms with Crippen molar-refractivity contribution in [3.8, 4) is 0 Å². The Labute approximate surface area is 98.0 Å².